The molecule has 10 heteroatoms. The van der Waals surface area contributed by atoms with Gasteiger partial charge in [-0.25, -0.2) is 4.98 Å². The Bertz CT molecular complexity index is 1380. The van der Waals surface area contributed by atoms with Crippen molar-refractivity contribution in [1.29, 1.82) is 0 Å². The fourth-order valence-corrected chi connectivity index (χ4v) is 4.13. The molecule has 2 aromatic heterocycles. The Labute approximate surface area is 201 Å². The molecule has 2 amide bonds. The molecule has 0 unspecified atom stereocenters. The number of halogens is 2. The average molecular weight is 481 g/mol. The first-order chi connectivity index (χ1) is 16.7. The van der Waals surface area contributed by atoms with Gasteiger partial charge in [0.15, 0.2) is 11.6 Å². The number of amides is 2. The fourth-order valence-electron chi connectivity index (χ4n) is 4.13. The van der Waals surface area contributed by atoms with Crippen LogP contribution in [0.25, 0.3) is 0 Å². The second-order valence-electron chi connectivity index (χ2n) is 8.40. The molecule has 182 valence electrons. The highest BCUT2D eigenvalue weighted by molar-refractivity contribution is 6.04. The topological polar surface area (TPSA) is 93.8 Å². The molecule has 3 heterocycles. The minimum atomic E-state index is -2.96. The molecule has 0 atom stereocenters. The largest absolute Gasteiger partial charge is 0.352 e. The van der Waals surface area contributed by atoms with Crippen LogP contribution in [0.15, 0.2) is 24.4 Å². The third-order valence-corrected chi connectivity index (χ3v) is 6.09. The Hall–Kier alpha value is -4.00. The van der Waals surface area contributed by atoms with Gasteiger partial charge in [-0.3, -0.25) is 14.3 Å². The second-order valence-corrected chi connectivity index (χ2v) is 8.40. The van der Waals surface area contributed by atoms with Crippen molar-refractivity contribution >= 4 is 17.6 Å². The molecule has 0 fully saturated rings. The zero-order valence-corrected chi connectivity index (χ0v) is 20.0. The summed E-state index contributed by atoms with van der Waals surface area (Å²) >= 11 is 0. The average Bonchev–Trinajstić information content (AvgIpc) is 3.38. The summed E-state index contributed by atoms with van der Waals surface area (Å²) in [6.45, 7) is 4.03. The maximum atomic E-state index is 14.5. The van der Waals surface area contributed by atoms with Gasteiger partial charge in [-0.15, -0.1) is 0 Å². The van der Waals surface area contributed by atoms with E-state index in [1.807, 2.05) is 6.92 Å². The summed E-state index contributed by atoms with van der Waals surface area (Å²) in [5.41, 5.74) is 2.59. The number of carbonyl (C=O) groups is 2. The van der Waals surface area contributed by atoms with Crippen molar-refractivity contribution < 1.29 is 18.4 Å². The lowest BCUT2D eigenvalue weighted by molar-refractivity contribution is -0.0372. The van der Waals surface area contributed by atoms with Crippen molar-refractivity contribution in [3.05, 3.63) is 63.9 Å². The summed E-state index contributed by atoms with van der Waals surface area (Å²) in [6, 6.07) is 5.06. The van der Waals surface area contributed by atoms with E-state index in [-0.39, 0.29) is 29.7 Å². The quantitative estimate of drug-likeness (QED) is 0.560. The van der Waals surface area contributed by atoms with Crippen molar-refractivity contribution in [2.45, 2.75) is 45.6 Å². The smallest absolute Gasteiger partial charge is 0.289 e. The lowest BCUT2D eigenvalue weighted by Crippen LogP contribution is -2.26. The number of carbonyl (C=O) groups excluding carboxylic acids is 2. The van der Waals surface area contributed by atoms with Gasteiger partial charge in [-0.1, -0.05) is 18.9 Å². The summed E-state index contributed by atoms with van der Waals surface area (Å²) in [6.07, 6.45) is 1.94. The minimum Gasteiger partial charge on any atom is -0.352 e. The number of nitrogens with zero attached hydrogens (tertiary/aromatic N) is 4. The van der Waals surface area contributed by atoms with Gasteiger partial charge in [0.2, 0.25) is 0 Å². The molecular formula is C25H26F2N6O2. The maximum Gasteiger partial charge on any atom is 0.289 e. The number of imidazole rings is 1. The van der Waals surface area contributed by atoms with E-state index in [0.29, 0.717) is 41.8 Å². The maximum absolute atomic E-state index is 14.5. The molecule has 3 aromatic rings. The standard InChI is InChI=1S/C25H26F2N6O2/c1-5-19-20-25(26,27)11-6-12-33(20)31-21(19)30-23(34)17-8-7-15(2)16(13-17)9-10-18-14-29-22(32(18)4)24(35)28-3/h7-8,13-14H,5-6,11-12H2,1-4H3,(H,28,35)(H,30,31,34). The number of aromatic nitrogens is 4. The number of hydrogen-bond acceptors (Lipinski definition) is 4. The second kappa shape index (κ2) is 9.33. The molecular weight excluding hydrogens is 454 g/mol. The van der Waals surface area contributed by atoms with E-state index in [1.165, 1.54) is 17.9 Å². The normalized spacial score (nSPS) is 14.0. The summed E-state index contributed by atoms with van der Waals surface area (Å²) < 4.78 is 31.9. The van der Waals surface area contributed by atoms with Gasteiger partial charge in [-0.05, 0) is 43.4 Å². The lowest BCUT2D eigenvalue weighted by atomic mass is 10.0. The number of anilines is 1. The number of rotatable bonds is 4. The lowest BCUT2D eigenvalue weighted by Gasteiger charge is -2.24. The van der Waals surface area contributed by atoms with Gasteiger partial charge in [0.1, 0.15) is 11.4 Å². The van der Waals surface area contributed by atoms with Crippen molar-refractivity contribution in [2.75, 3.05) is 12.4 Å². The molecule has 2 N–H and O–H groups in total. The van der Waals surface area contributed by atoms with Crippen molar-refractivity contribution in [3.8, 4) is 11.8 Å². The van der Waals surface area contributed by atoms with Crippen LogP contribution >= 0.6 is 0 Å². The summed E-state index contributed by atoms with van der Waals surface area (Å²) in [7, 11) is 3.22. The highest BCUT2D eigenvalue weighted by atomic mass is 19.3. The molecule has 1 aliphatic heterocycles. The van der Waals surface area contributed by atoms with Gasteiger partial charge in [0.05, 0.1) is 6.20 Å². The Kier molecular flexibility index (Phi) is 6.43. The summed E-state index contributed by atoms with van der Waals surface area (Å²) in [5.74, 6) is 2.68. The van der Waals surface area contributed by atoms with Crippen LogP contribution in [0.5, 0.6) is 0 Å². The first-order valence-electron chi connectivity index (χ1n) is 11.3. The number of nitrogens with one attached hydrogen (secondary N) is 2. The Balaban J connectivity index is 1.61. The van der Waals surface area contributed by atoms with E-state index in [1.54, 1.807) is 36.7 Å². The zero-order chi connectivity index (χ0) is 25.3. The first-order valence-corrected chi connectivity index (χ1v) is 11.3. The molecule has 0 saturated heterocycles. The molecule has 0 bridgehead atoms. The van der Waals surface area contributed by atoms with E-state index >= 15 is 0 Å². The predicted octanol–water partition coefficient (Wildman–Crippen LogP) is 3.38. The van der Waals surface area contributed by atoms with E-state index in [4.69, 9.17) is 0 Å². The molecule has 35 heavy (non-hydrogen) atoms. The van der Waals surface area contributed by atoms with Gasteiger partial charge in [-0.2, -0.15) is 13.9 Å². The van der Waals surface area contributed by atoms with Crippen LogP contribution in [0.1, 0.15) is 68.8 Å². The number of benzene rings is 1. The van der Waals surface area contributed by atoms with Crippen LogP contribution in [-0.4, -0.2) is 38.2 Å². The van der Waals surface area contributed by atoms with Crippen LogP contribution in [0, 0.1) is 18.8 Å². The third kappa shape index (κ3) is 4.54. The molecule has 1 aromatic carbocycles. The Morgan fingerprint density at radius 1 is 1.23 bits per heavy atom. The Morgan fingerprint density at radius 2 is 2.00 bits per heavy atom. The molecule has 0 radical (unpaired) electrons. The van der Waals surface area contributed by atoms with Crippen LogP contribution in [0.4, 0.5) is 14.6 Å². The van der Waals surface area contributed by atoms with E-state index < -0.39 is 11.8 Å². The van der Waals surface area contributed by atoms with Crippen molar-refractivity contribution in [3.63, 3.8) is 0 Å². The van der Waals surface area contributed by atoms with Gasteiger partial charge < -0.3 is 15.2 Å². The third-order valence-electron chi connectivity index (χ3n) is 6.09. The highest BCUT2D eigenvalue weighted by Crippen LogP contribution is 2.41. The Morgan fingerprint density at radius 3 is 2.71 bits per heavy atom. The number of fused-ring (bicyclic) bond motifs is 1. The molecule has 8 nitrogen and oxygen atoms in total. The van der Waals surface area contributed by atoms with Gasteiger partial charge in [0.25, 0.3) is 17.7 Å². The van der Waals surface area contributed by atoms with Gasteiger partial charge >= 0.3 is 0 Å². The number of hydrogen-bond donors (Lipinski definition) is 2. The summed E-state index contributed by atoms with van der Waals surface area (Å²) in [5, 5.41) is 9.50. The number of aryl methyl sites for hydroxylation is 2. The van der Waals surface area contributed by atoms with Crippen molar-refractivity contribution in [1.82, 2.24) is 24.6 Å². The van der Waals surface area contributed by atoms with E-state index in [0.717, 1.165) is 5.56 Å². The molecule has 0 aliphatic carbocycles. The van der Waals surface area contributed by atoms with Crippen LogP contribution in [-0.2, 0) is 25.9 Å². The highest BCUT2D eigenvalue weighted by Gasteiger charge is 2.41. The van der Waals surface area contributed by atoms with Crippen LogP contribution in [0.3, 0.4) is 0 Å². The van der Waals surface area contributed by atoms with Crippen LogP contribution in [0.2, 0.25) is 0 Å². The minimum absolute atomic E-state index is 0.107. The van der Waals surface area contributed by atoms with Gasteiger partial charge in [0, 0.05) is 43.8 Å². The monoisotopic (exact) mass is 480 g/mol. The number of alkyl halides is 2. The van der Waals surface area contributed by atoms with Crippen molar-refractivity contribution in [2.24, 2.45) is 7.05 Å². The van der Waals surface area contributed by atoms with E-state index in [2.05, 4.69) is 32.6 Å². The van der Waals surface area contributed by atoms with E-state index in [9.17, 15) is 18.4 Å². The molecule has 0 spiro atoms. The fraction of sp³-hybridized carbons (Fsp3) is 0.360. The zero-order valence-electron chi connectivity index (χ0n) is 20.0. The molecule has 4 rings (SSSR count). The predicted molar refractivity (Wildman–Crippen MR) is 126 cm³/mol. The SMILES string of the molecule is CCc1c(NC(=O)c2ccc(C)c(C#Cc3cnc(C(=O)NC)n3C)c2)nn2c1C(F)(F)CCC2. The first kappa shape index (κ1) is 24.1. The molecule has 1 aliphatic rings. The van der Waals surface area contributed by atoms with Crippen LogP contribution < -0.4 is 10.6 Å². The molecule has 0 saturated carbocycles. The summed E-state index contributed by atoms with van der Waals surface area (Å²) in [4.78, 5) is 29.0.